The summed E-state index contributed by atoms with van der Waals surface area (Å²) in [6.07, 6.45) is 7.58. The van der Waals surface area contributed by atoms with E-state index < -0.39 is 0 Å². The maximum absolute atomic E-state index is 11.4. The molecule has 0 saturated carbocycles. The first kappa shape index (κ1) is 14.9. The fraction of sp³-hybridized carbons (Fsp3) is 0.588. The molecule has 0 atom stereocenters. The highest BCUT2D eigenvalue weighted by atomic mass is 16.5. The number of rotatable bonds is 7. The summed E-state index contributed by atoms with van der Waals surface area (Å²) in [5, 5.41) is 2.89. The van der Waals surface area contributed by atoms with E-state index in [1.165, 1.54) is 36.8 Å². The molecule has 0 bridgehead atoms. The molecule has 2 rings (SSSR count). The van der Waals surface area contributed by atoms with Gasteiger partial charge in [-0.1, -0.05) is 19.4 Å². The SMILES string of the molecule is CCCCC(=O)NCCOc1ccc2c(c1)CCCC2. The van der Waals surface area contributed by atoms with Gasteiger partial charge in [-0.2, -0.15) is 0 Å². The van der Waals surface area contributed by atoms with Gasteiger partial charge in [0.1, 0.15) is 12.4 Å². The lowest BCUT2D eigenvalue weighted by Crippen LogP contribution is -2.27. The van der Waals surface area contributed by atoms with Crippen molar-refractivity contribution in [2.75, 3.05) is 13.2 Å². The molecule has 3 heteroatoms. The number of carbonyl (C=O) groups is 1. The van der Waals surface area contributed by atoms with Crippen LogP contribution in [0.15, 0.2) is 18.2 Å². The average molecular weight is 275 g/mol. The molecule has 1 aliphatic rings. The molecule has 110 valence electrons. The van der Waals surface area contributed by atoms with Crippen LogP contribution in [0, 0.1) is 0 Å². The van der Waals surface area contributed by atoms with Crippen LogP contribution in [-0.2, 0) is 17.6 Å². The normalized spacial score (nSPS) is 13.7. The van der Waals surface area contributed by atoms with Gasteiger partial charge < -0.3 is 10.1 Å². The van der Waals surface area contributed by atoms with Crippen LogP contribution in [0.3, 0.4) is 0 Å². The number of hydrogen-bond acceptors (Lipinski definition) is 2. The molecule has 0 heterocycles. The molecule has 1 aliphatic carbocycles. The van der Waals surface area contributed by atoms with Crippen LogP contribution in [0.4, 0.5) is 0 Å². The fourth-order valence-corrected chi connectivity index (χ4v) is 2.58. The lowest BCUT2D eigenvalue weighted by atomic mass is 9.92. The number of amides is 1. The van der Waals surface area contributed by atoms with E-state index in [2.05, 4.69) is 24.4 Å². The van der Waals surface area contributed by atoms with E-state index >= 15 is 0 Å². The van der Waals surface area contributed by atoms with E-state index in [-0.39, 0.29) is 5.91 Å². The van der Waals surface area contributed by atoms with Crippen molar-refractivity contribution in [2.45, 2.75) is 51.9 Å². The largest absolute Gasteiger partial charge is 0.492 e. The Morgan fingerprint density at radius 3 is 2.85 bits per heavy atom. The van der Waals surface area contributed by atoms with Crippen molar-refractivity contribution in [1.29, 1.82) is 0 Å². The van der Waals surface area contributed by atoms with Crippen molar-refractivity contribution in [2.24, 2.45) is 0 Å². The first-order valence-electron chi connectivity index (χ1n) is 7.81. The van der Waals surface area contributed by atoms with Crippen LogP contribution in [-0.4, -0.2) is 19.1 Å². The Labute approximate surface area is 121 Å². The topological polar surface area (TPSA) is 38.3 Å². The van der Waals surface area contributed by atoms with Crippen molar-refractivity contribution >= 4 is 5.91 Å². The highest BCUT2D eigenvalue weighted by Gasteiger charge is 2.09. The molecule has 0 fully saturated rings. The Morgan fingerprint density at radius 1 is 1.25 bits per heavy atom. The third-order valence-corrected chi connectivity index (χ3v) is 3.77. The van der Waals surface area contributed by atoms with Gasteiger partial charge in [-0.3, -0.25) is 4.79 Å². The zero-order chi connectivity index (χ0) is 14.2. The minimum Gasteiger partial charge on any atom is -0.492 e. The average Bonchev–Trinajstić information content (AvgIpc) is 2.49. The van der Waals surface area contributed by atoms with Gasteiger partial charge >= 0.3 is 0 Å². The molecule has 0 radical (unpaired) electrons. The van der Waals surface area contributed by atoms with Crippen molar-refractivity contribution in [1.82, 2.24) is 5.32 Å². The number of nitrogens with one attached hydrogen (secondary N) is 1. The van der Waals surface area contributed by atoms with Crippen molar-refractivity contribution in [3.05, 3.63) is 29.3 Å². The third kappa shape index (κ3) is 4.55. The molecule has 0 unspecified atom stereocenters. The first-order valence-corrected chi connectivity index (χ1v) is 7.81. The maximum Gasteiger partial charge on any atom is 0.220 e. The highest BCUT2D eigenvalue weighted by molar-refractivity contribution is 5.75. The van der Waals surface area contributed by atoms with Crippen molar-refractivity contribution in [3.63, 3.8) is 0 Å². The summed E-state index contributed by atoms with van der Waals surface area (Å²) in [5.41, 5.74) is 2.90. The van der Waals surface area contributed by atoms with Gasteiger partial charge in [0.2, 0.25) is 5.91 Å². The fourth-order valence-electron chi connectivity index (χ4n) is 2.58. The summed E-state index contributed by atoms with van der Waals surface area (Å²) in [7, 11) is 0. The predicted molar refractivity (Wildman–Crippen MR) is 81.1 cm³/mol. The summed E-state index contributed by atoms with van der Waals surface area (Å²) in [5.74, 6) is 1.05. The molecular weight excluding hydrogens is 250 g/mol. The summed E-state index contributed by atoms with van der Waals surface area (Å²) >= 11 is 0. The van der Waals surface area contributed by atoms with Crippen LogP contribution >= 0.6 is 0 Å². The summed E-state index contributed by atoms with van der Waals surface area (Å²) in [6, 6.07) is 6.39. The molecule has 1 aromatic rings. The summed E-state index contributed by atoms with van der Waals surface area (Å²) < 4.78 is 5.71. The summed E-state index contributed by atoms with van der Waals surface area (Å²) in [6.45, 7) is 3.21. The molecule has 1 amide bonds. The zero-order valence-electron chi connectivity index (χ0n) is 12.4. The van der Waals surface area contributed by atoms with Crippen molar-refractivity contribution in [3.8, 4) is 5.75 Å². The smallest absolute Gasteiger partial charge is 0.220 e. The van der Waals surface area contributed by atoms with Gasteiger partial charge in [0.25, 0.3) is 0 Å². The highest BCUT2D eigenvalue weighted by Crippen LogP contribution is 2.25. The van der Waals surface area contributed by atoms with Crippen molar-refractivity contribution < 1.29 is 9.53 Å². The number of ether oxygens (including phenoxy) is 1. The van der Waals surface area contributed by atoms with Gasteiger partial charge in [0.15, 0.2) is 0 Å². The molecular formula is C17H25NO2. The Morgan fingerprint density at radius 2 is 2.05 bits per heavy atom. The second-order valence-electron chi connectivity index (χ2n) is 5.44. The number of benzene rings is 1. The Bertz CT molecular complexity index is 443. The number of aryl methyl sites for hydroxylation is 2. The second-order valence-corrected chi connectivity index (χ2v) is 5.44. The molecule has 0 aromatic heterocycles. The third-order valence-electron chi connectivity index (χ3n) is 3.77. The number of carbonyl (C=O) groups excluding carboxylic acids is 1. The first-order chi connectivity index (χ1) is 9.79. The maximum atomic E-state index is 11.4. The van der Waals surface area contributed by atoms with Crippen LogP contribution in [0.5, 0.6) is 5.75 Å². The molecule has 0 saturated heterocycles. The van der Waals surface area contributed by atoms with Gasteiger partial charge in [0, 0.05) is 6.42 Å². The van der Waals surface area contributed by atoms with E-state index in [0.717, 1.165) is 18.6 Å². The van der Waals surface area contributed by atoms with Crippen LogP contribution in [0.2, 0.25) is 0 Å². The predicted octanol–water partition coefficient (Wildman–Crippen LogP) is 3.25. The van der Waals surface area contributed by atoms with Crippen LogP contribution < -0.4 is 10.1 Å². The minimum atomic E-state index is 0.126. The van der Waals surface area contributed by atoms with E-state index in [0.29, 0.717) is 19.6 Å². The second kappa shape index (κ2) is 7.93. The number of fused-ring (bicyclic) bond motifs is 1. The standard InChI is InChI=1S/C17H25NO2/c1-2-3-8-17(19)18-11-12-20-16-10-9-14-6-4-5-7-15(14)13-16/h9-10,13H,2-8,11-12H2,1H3,(H,18,19). The minimum absolute atomic E-state index is 0.126. The monoisotopic (exact) mass is 275 g/mol. The van der Waals surface area contributed by atoms with Gasteiger partial charge in [0.05, 0.1) is 6.54 Å². The van der Waals surface area contributed by atoms with Gasteiger partial charge in [-0.05, 0) is 55.4 Å². The van der Waals surface area contributed by atoms with E-state index in [1.54, 1.807) is 0 Å². The quantitative estimate of drug-likeness (QED) is 0.776. The number of unbranched alkanes of at least 4 members (excludes halogenated alkanes) is 1. The summed E-state index contributed by atoms with van der Waals surface area (Å²) in [4.78, 5) is 11.4. The number of hydrogen-bond donors (Lipinski definition) is 1. The van der Waals surface area contributed by atoms with E-state index in [9.17, 15) is 4.79 Å². The Hall–Kier alpha value is -1.51. The Kier molecular flexibility index (Phi) is 5.90. The van der Waals surface area contributed by atoms with Crippen LogP contribution in [0.1, 0.15) is 50.2 Å². The molecule has 20 heavy (non-hydrogen) atoms. The van der Waals surface area contributed by atoms with E-state index in [1.807, 2.05) is 6.07 Å². The van der Waals surface area contributed by atoms with Gasteiger partial charge in [-0.25, -0.2) is 0 Å². The zero-order valence-corrected chi connectivity index (χ0v) is 12.4. The van der Waals surface area contributed by atoms with Gasteiger partial charge in [-0.15, -0.1) is 0 Å². The lowest BCUT2D eigenvalue weighted by molar-refractivity contribution is -0.121. The molecule has 0 aliphatic heterocycles. The lowest BCUT2D eigenvalue weighted by Gasteiger charge is -2.16. The van der Waals surface area contributed by atoms with Crippen LogP contribution in [0.25, 0.3) is 0 Å². The molecule has 3 nitrogen and oxygen atoms in total. The molecule has 1 aromatic carbocycles. The molecule has 0 spiro atoms. The van der Waals surface area contributed by atoms with E-state index in [4.69, 9.17) is 4.74 Å². The molecule has 1 N–H and O–H groups in total. The Balaban J connectivity index is 1.70.